The maximum atomic E-state index is 6.22. The quantitative estimate of drug-likeness (QED) is 0.793. The molecular weight excluding hydrogens is 278 g/mol. The van der Waals surface area contributed by atoms with E-state index >= 15 is 0 Å². The second kappa shape index (κ2) is 6.55. The Labute approximate surface area is 126 Å². The van der Waals surface area contributed by atoms with E-state index in [1.165, 1.54) is 0 Å². The molecule has 1 aromatic rings. The van der Waals surface area contributed by atoms with Gasteiger partial charge in [0.15, 0.2) is 0 Å². The lowest BCUT2D eigenvalue weighted by Crippen LogP contribution is -2.34. The minimum absolute atomic E-state index is 0.161. The van der Waals surface area contributed by atoms with Gasteiger partial charge >= 0.3 is 0 Å². The van der Waals surface area contributed by atoms with E-state index in [-0.39, 0.29) is 5.41 Å². The predicted molar refractivity (Wildman–Crippen MR) is 88.2 cm³/mol. The summed E-state index contributed by atoms with van der Waals surface area (Å²) in [6.45, 7) is 6.29. The molecule has 0 unspecified atom stereocenters. The van der Waals surface area contributed by atoms with Crippen LogP contribution in [0, 0.1) is 5.41 Å². The third-order valence-corrected chi connectivity index (χ3v) is 3.30. The molecule has 0 aliphatic heterocycles. The summed E-state index contributed by atoms with van der Waals surface area (Å²) in [7, 11) is 4.15. The summed E-state index contributed by atoms with van der Waals surface area (Å²) in [5.74, 6) is 0. The van der Waals surface area contributed by atoms with Gasteiger partial charge in [-0.2, -0.15) is 0 Å². The van der Waals surface area contributed by atoms with Crippen LogP contribution in [0.25, 0.3) is 0 Å². The van der Waals surface area contributed by atoms with Crippen molar-refractivity contribution in [3.05, 3.63) is 28.8 Å². The lowest BCUT2D eigenvalue weighted by atomic mass is 9.93. The number of hydrogen-bond acceptors (Lipinski definition) is 3. The Morgan fingerprint density at radius 1 is 1.42 bits per heavy atom. The number of nitrogens with one attached hydrogen (secondary N) is 1. The van der Waals surface area contributed by atoms with Gasteiger partial charge in [-0.25, -0.2) is 0 Å². The van der Waals surface area contributed by atoms with Gasteiger partial charge in [0.2, 0.25) is 0 Å². The first-order valence-corrected chi connectivity index (χ1v) is 6.98. The Morgan fingerprint density at radius 2 is 2.05 bits per heavy atom. The van der Waals surface area contributed by atoms with Gasteiger partial charge < -0.3 is 16.0 Å². The molecule has 0 aromatic heterocycles. The SMILES string of the molecule is CN(C)CC(C)(C)CNc1ccc(C(N)=S)cc1Cl. The molecule has 3 N–H and O–H groups in total. The van der Waals surface area contributed by atoms with Gasteiger partial charge in [-0.1, -0.05) is 37.7 Å². The highest BCUT2D eigenvalue weighted by atomic mass is 35.5. The Hall–Kier alpha value is -0.840. The molecule has 0 atom stereocenters. The van der Waals surface area contributed by atoms with E-state index in [1.54, 1.807) is 6.07 Å². The van der Waals surface area contributed by atoms with Gasteiger partial charge in [-0.05, 0) is 37.7 Å². The maximum Gasteiger partial charge on any atom is 0.104 e. The Kier molecular flexibility index (Phi) is 5.59. The molecule has 0 fully saturated rings. The van der Waals surface area contributed by atoms with Crippen molar-refractivity contribution in [2.45, 2.75) is 13.8 Å². The number of nitrogens with two attached hydrogens (primary N) is 1. The molecule has 0 heterocycles. The lowest BCUT2D eigenvalue weighted by Gasteiger charge is -2.29. The highest BCUT2D eigenvalue weighted by Crippen LogP contribution is 2.25. The van der Waals surface area contributed by atoms with E-state index in [0.29, 0.717) is 10.0 Å². The fourth-order valence-electron chi connectivity index (χ4n) is 2.06. The molecule has 0 aliphatic rings. The average Bonchev–Trinajstić information content (AvgIpc) is 2.25. The first kappa shape index (κ1) is 16.2. The van der Waals surface area contributed by atoms with Crippen molar-refractivity contribution < 1.29 is 0 Å². The van der Waals surface area contributed by atoms with Crippen molar-refractivity contribution in [1.29, 1.82) is 0 Å². The number of hydrogen-bond donors (Lipinski definition) is 2. The van der Waals surface area contributed by atoms with Crippen LogP contribution in [0.4, 0.5) is 5.69 Å². The zero-order valence-corrected chi connectivity index (χ0v) is 13.5. The first-order chi connectivity index (χ1) is 8.71. The van der Waals surface area contributed by atoms with Crippen molar-refractivity contribution in [3.8, 4) is 0 Å². The molecule has 0 saturated heterocycles. The van der Waals surface area contributed by atoms with Gasteiger partial charge in [0.25, 0.3) is 0 Å². The van der Waals surface area contributed by atoms with E-state index in [2.05, 4.69) is 38.2 Å². The van der Waals surface area contributed by atoms with E-state index in [9.17, 15) is 0 Å². The molecule has 1 rings (SSSR count). The third-order valence-electron chi connectivity index (χ3n) is 2.76. The molecule has 19 heavy (non-hydrogen) atoms. The molecule has 1 aromatic carbocycles. The Balaban J connectivity index is 2.71. The van der Waals surface area contributed by atoms with Crippen molar-refractivity contribution >= 4 is 34.5 Å². The molecule has 0 amide bonds. The summed E-state index contributed by atoms with van der Waals surface area (Å²) in [6, 6.07) is 5.60. The summed E-state index contributed by atoms with van der Waals surface area (Å²) < 4.78 is 0. The number of halogens is 1. The van der Waals surface area contributed by atoms with Crippen LogP contribution in [0.1, 0.15) is 19.4 Å². The van der Waals surface area contributed by atoms with Gasteiger partial charge in [-0.3, -0.25) is 0 Å². The molecular formula is C14H22ClN3S. The average molecular weight is 300 g/mol. The minimum Gasteiger partial charge on any atom is -0.389 e. The van der Waals surface area contributed by atoms with E-state index in [1.807, 2.05) is 12.1 Å². The van der Waals surface area contributed by atoms with Crippen LogP contribution in [-0.2, 0) is 0 Å². The van der Waals surface area contributed by atoms with Gasteiger partial charge in [0.1, 0.15) is 4.99 Å². The van der Waals surface area contributed by atoms with Crippen LogP contribution in [0.5, 0.6) is 0 Å². The highest BCUT2D eigenvalue weighted by Gasteiger charge is 2.19. The second-order valence-corrected chi connectivity index (χ2v) is 6.66. The highest BCUT2D eigenvalue weighted by molar-refractivity contribution is 7.80. The molecule has 106 valence electrons. The largest absolute Gasteiger partial charge is 0.389 e. The first-order valence-electron chi connectivity index (χ1n) is 6.19. The number of rotatable bonds is 6. The zero-order valence-electron chi connectivity index (χ0n) is 12.0. The maximum absolute atomic E-state index is 6.22. The van der Waals surface area contributed by atoms with E-state index in [0.717, 1.165) is 24.3 Å². The summed E-state index contributed by atoms with van der Waals surface area (Å²) >= 11 is 11.1. The van der Waals surface area contributed by atoms with Crippen molar-refractivity contribution in [2.24, 2.45) is 11.1 Å². The standard InChI is InChI=1S/C14H22ClN3S/c1-14(2,9-18(3)4)8-17-12-6-5-10(13(16)19)7-11(12)15/h5-7,17H,8-9H2,1-4H3,(H2,16,19). The zero-order chi connectivity index (χ0) is 14.6. The monoisotopic (exact) mass is 299 g/mol. The van der Waals surface area contributed by atoms with Crippen molar-refractivity contribution in [3.63, 3.8) is 0 Å². The number of benzene rings is 1. The minimum atomic E-state index is 0.161. The Morgan fingerprint density at radius 3 is 2.53 bits per heavy atom. The van der Waals surface area contributed by atoms with Crippen LogP contribution in [-0.4, -0.2) is 37.1 Å². The normalized spacial score (nSPS) is 11.7. The second-order valence-electron chi connectivity index (χ2n) is 5.81. The molecule has 0 saturated carbocycles. The van der Waals surface area contributed by atoms with E-state index in [4.69, 9.17) is 29.6 Å². The number of anilines is 1. The number of thiocarbonyl (C=S) groups is 1. The van der Waals surface area contributed by atoms with Gasteiger partial charge in [0.05, 0.1) is 10.7 Å². The summed E-state index contributed by atoms with van der Waals surface area (Å²) in [6.07, 6.45) is 0. The summed E-state index contributed by atoms with van der Waals surface area (Å²) in [5.41, 5.74) is 7.44. The van der Waals surface area contributed by atoms with Crippen LogP contribution >= 0.6 is 23.8 Å². The van der Waals surface area contributed by atoms with Crippen LogP contribution in [0.2, 0.25) is 5.02 Å². The molecule has 5 heteroatoms. The predicted octanol–water partition coefficient (Wildman–Crippen LogP) is 2.97. The summed E-state index contributed by atoms with van der Waals surface area (Å²) in [4.78, 5) is 2.54. The number of nitrogens with zero attached hydrogens (tertiary/aromatic N) is 1. The van der Waals surface area contributed by atoms with Crippen LogP contribution in [0.3, 0.4) is 0 Å². The van der Waals surface area contributed by atoms with Gasteiger partial charge in [-0.15, -0.1) is 0 Å². The van der Waals surface area contributed by atoms with Crippen LogP contribution in [0.15, 0.2) is 18.2 Å². The van der Waals surface area contributed by atoms with E-state index < -0.39 is 0 Å². The lowest BCUT2D eigenvalue weighted by molar-refractivity contribution is 0.254. The van der Waals surface area contributed by atoms with Gasteiger partial charge in [0, 0.05) is 18.7 Å². The Bertz CT molecular complexity index is 458. The fraction of sp³-hybridized carbons (Fsp3) is 0.500. The topological polar surface area (TPSA) is 41.3 Å². The molecule has 0 radical (unpaired) electrons. The van der Waals surface area contributed by atoms with Crippen molar-refractivity contribution in [2.75, 3.05) is 32.5 Å². The van der Waals surface area contributed by atoms with Crippen molar-refractivity contribution in [1.82, 2.24) is 4.90 Å². The smallest absolute Gasteiger partial charge is 0.104 e. The molecule has 0 aliphatic carbocycles. The third kappa shape index (κ3) is 5.35. The molecule has 3 nitrogen and oxygen atoms in total. The molecule has 0 bridgehead atoms. The van der Waals surface area contributed by atoms with Crippen LogP contribution < -0.4 is 11.1 Å². The molecule has 0 spiro atoms. The fourth-order valence-corrected chi connectivity index (χ4v) is 2.43. The summed E-state index contributed by atoms with van der Waals surface area (Å²) in [5, 5.41) is 4.03.